The first kappa shape index (κ1) is 13.7. The Hall–Kier alpha value is -2.95. The van der Waals surface area contributed by atoms with Crippen LogP contribution in [0.3, 0.4) is 0 Å². The van der Waals surface area contributed by atoms with Crippen molar-refractivity contribution < 1.29 is 9.53 Å². The fraction of sp³-hybridized carbons (Fsp3) is 0.167. The van der Waals surface area contributed by atoms with Gasteiger partial charge in [-0.2, -0.15) is 0 Å². The summed E-state index contributed by atoms with van der Waals surface area (Å²) in [5.74, 6) is 0.565. The van der Waals surface area contributed by atoms with Gasteiger partial charge in [0.2, 0.25) is 0 Å². The zero-order valence-electron chi connectivity index (χ0n) is 12.8. The first-order valence-corrected chi connectivity index (χ1v) is 7.45. The van der Waals surface area contributed by atoms with Gasteiger partial charge in [0, 0.05) is 12.4 Å². The number of aromatic nitrogens is 2. The van der Waals surface area contributed by atoms with Crippen molar-refractivity contribution in [2.75, 3.05) is 5.32 Å². The summed E-state index contributed by atoms with van der Waals surface area (Å²) in [6.45, 7) is 3.78. The van der Waals surface area contributed by atoms with Crippen molar-refractivity contribution >= 4 is 22.6 Å². The molecular weight excluding hydrogens is 290 g/mol. The minimum Gasteiger partial charge on any atom is -0.479 e. The van der Waals surface area contributed by atoms with Crippen molar-refractivity contribution in [2.45, 2.75) is 20.0 Å². The Kier molecular flexibility index (Phi) is 3.01. The van der Waals surface area contributed by atoms with Crippen LogP contribution in [0.2, 0.25) is 0 Å². The maximum atomic E-state index is 11.8. The molecule has 5 nitrogen and oxygen atoms in total. The number of nitrogens with zero attached hydrogens (tertiary/aromatic N) is 2. The van der Waals surface area contributed by atoms with E-state index in [1.54, 1.807) is 19.3 Å². The van der Waals surface area contributed by atoms with Gasteiger partial charge in [-0.1, -0.05) is 6.07 Å². The normalized spacial score (nSPS) is 16.6. The zero-order chi connectivity index (χ0) is 16.0. The lowest BCUT2D eigenvalue weighted by molar-refractivity contribution is -0.122. The molecule has 1 aliphatic rings. The predicted octanol–water partition coefficient (Wildman–Crippen LogP) is 3.32. The van der Waals surface area contributed by atoms with Gasteiger partial charge < -0.3 is 10.1 Å². The van der Waals surface area contributed by atoms with E-state index in [9.17, 15) is 4.79 Å². The number of benzene rings is 2. The maximum absolute atomic E-state index is 11.8. The molecule has 1 unspecified atom stereocenters. The van der Waals surface area contributed by atoms with Crippen LogP contribution in [0, 0.1) is 6.92 Å². The Morgan fingerprint density at radius 1 is 1.09 bits per heavy atom. The van der Waals surface area contributed by atoms with Gasteiger partial charge in [0.1, 0.15) is 5.75 Å². The second kappa shape index (κ2) is 5.05. The molecule has 1 aliphatic heterocycles. The minimum atomic E-state index is -0.467. The van der Waals surface area contributed by atoms with Crippen LogP contribution < -0.4 is 10.1 Å². The zero-order valence-corrected chi connectivity index (χ0v) is 12.8. The summed E-state index contributed by atoms with van der Waals surface area (Å²) >= 11 is 0. The number of carbonyl (C=O) groups is 1. The van der Waals surface area contributed by atoms with Crippen LogP contribution in [-0.2, 0) is 4.79 Å². The monoisotopic (exact) mass is 305 g/mol. The number of anilines is 1. The molecule has 2 aromatic carbocycles. The third kappa shape index (κ3) is 2.30. The summed E-state index contributed by atoms with van der Waals surface area (Å²) in [6, 6.07) is 9.86. The molecule has 2 heterocycles. The highest BCUT2D eigenvalue weighted by Gasteiger charge is 2.23. The summed E-state index contributed by atoms with van der Waals surface area (Å²) in [5, 5.41) is 2.88. The van der Waals surface area contributed by atoms with Gasteiger partial charge in [-0.3, -0.25) is 14.8 Å². The van der Waals surface area contributed by atoms with Crippen molar-refractivity contribution in [3.8, 4) is 16.9 Å². The number of hydrogen-bond donors (Lipinski definition) is 1. The molecule has 4 rings (SSSR count). The van der Waals surface area contributed by atoms with Crippen LogP contribution in [0.25, 0.3) is 22.2 Å². The molecule has 3 aromatic rings. The van der Waals surface area contributed by atoms with E-state index in [1.165, 1.54) is 0 Å². The van der Waals surface area contributed by atoms with E-state index in [0.717, 1.165) is 27.7 Å². The van der Waals surface area contributed by atoms with Gasteiger partial charge in [0.15, 0.2) is 6.10 Å². The summed E-state index contributed by atoms with van der Waals surface area (Å²) in [7, 11) is 0. The van der Waals surface area contributed by atoms with Crippen molar-refractivity contribution in [2.24, 2.45) is 0 Å². The van der Waals surface area contributed by atoms with E-state index in [0.29, 0.717) is 11.4 Å². The lowest BCUT2D eigenvalue weighted by Gasteiger charge is -2.24. The average molecular weight is 305 g/mol. The number of nitrogens with one attached hydrogen (secondary N) is 1. The van der Waals surface area contributed by atoms with Gasteiger partial charge in [0.25, 0.3) is 5.91 Å². The standard InChI is InChI=1S/C18H15N3O2/c1-10-7-14-15(20-6-5-19-14)9-13(10)12-3-4-17-16(8-12)21-18(22)11(2)23-17/h3-9,11H,1-2H3,(H,21,22). The van der Waals surface area contributed by atoms with E-state index in [2.05, 4.69) is 15.3 Å². The molecule has 0 saturated carbocycles. The van der Waals surface area contributed by atoms with Crippen molar-refractivity contribution in [1.29, 1.82) is 0 Å². The average Bonchev–Trinajstić information content (AvgIpc) is 2.55. The lowest BCUT2D eigenvalue weighted by atomic mass is 9.98. The fourth-order valence-corrected chi connectivity index (χ4v) is 2.80. The minimum absolute atomic E-state index is 0.129. The van der Waals surface area contributed by atoms with Gasteiger partial charge in [0.05, 0.1) is 16.7 Å². The highest BCUT2D eigenvalue weighted by atomic mass is 16.5. The molecule has 23 heavy (non-hydrogen) atoms. The number of hydrogen-bond acceptors (Lipinski definition) is 4. The first-order valence-electron chi connectivity index (χ1n) is 7.45. The number of carbonyl (C=O) groups excluding carboxylic acids is 1. The number of fused-ring (bicyclic) bond motifs is 2. The molecule has 1 N–H and O–H groups in total. The molecule has 1 atom stereocenters. The van der Waals surface area contributed by atoms with E-state index in [1.807, 2.05) is 37.3 Å². The Morgan fingerprint density at radius 3 is 2.61 bits per heavy atom. The van der Waals surface area contributed by atoms with Crippen LogP contribution in [-0.4, -0.2) is 22.0 Å². The molecular formula is C18H15N3O2. The number of amides is 1. The molecule has 1 aromatic heterocycles. The Labute approximate surface area is 133 Å². The summed E-state index contributed by atoms with van der Waals surface area (Å²) in [5.41, 5.74) is 5.59. The maximum Gasteiger partial charge on any atom is 0.265 e. The molecule has 0 radical (unpaired) electrons. The van der Waals surface area contributed by atoms with Gasteiger partial charge in [-0.25, -0.2) is 0 Å². The van der Waals surface area contributed by atoms with Crippen molar-refractivity contribution in [3.63, 3.8) is 0 Å². The van der Waals surface area contributed by atoms with Gasteiger partial charge in [-0.15, -0.1) is 0 Å². The molecule has 0 fully saturated rings. The van der Waals surface area contributed by atoms with Crippen LogP contribution >= 0.6 is 0 Å². The molecule has 114 valence electrons. The third-order valence-corrected chi connectivity index (χ3v) is 4.04. The Balaban J connectivity index is 1.84. The Morgan fingerprint density at radius 2 is 1.83 bits per heavy atom. The van der Waals surface area contributed by atoms with E-state index < -0.39 is 6.10 Å². The number of rotatable bonds is 1. The van der Waals surface area contributed by atoms with Crippen LogP contribution in [0.4, 0.5) is 5.69 Å². The highest BCUT2D eigenvalue weighted by Crippen LogP contribution is 2.35. The summed E-state index contributed by atoms with van der Waals surface area (Å²) in [4.78, 5) is 20.5. The Bertz CT molecular complexity index is 937. The van der Waals surface area contributed by atoms with Gasteiger partial charge in [-0.05, 0) is 54.8 Å². The smallest absolute Gasteiger partial charge is 0.265 e. The van der Waals surface area contributed by atoms with Gasteiger partial charge >= 0.3 is 0 Å². The van der Waals surface area contributed by atoms with Crippen LogP contribution in [0.15, 0.2) is 42.7 Å². The molecule has 0 aliphatic carbocycles. The summed E-state index contributed by atoms with van der Waals surface area (Å²) in [6.07, 6.45) is 2.91. The molecule has 0 bridgehead atoms. The summed E-state index contributed by atoms with van der Waals surface area (Å²) < 4.78 is 5.60. The first-order chi connectivity index (χ1) is 11.1. The lowest BCUT2D eigenvalue weighted by Crippen LogP contribution is -2.34. The van der Waals surface area contributed by atoms with E-state index in [-0.39, 0.29) is 5.91 Å². The van der Waals surface area contributed by atoms with E-state index in [4.69, 9.17) is 4.74 Å². The van der Waals surface area contributed by atoms with Crippen LogP contribution in [0.1, 0.15) is 12.5 Å². The quantitative estimate of drug-likeness (QED) is 0.749. The van der Waals surface area contributed by atoms with Crippen molar-refractivity contribution in [1.82, 2.24) is 9.97 Å². The molecule has 0 saturated heterocycles. The SMILES string of the molecule is Cc1cc2nccnc2cc1-c1ccc2c(c1)NC(=O)C(C)O2. The topological polar surface area (TPSA) is 64.1 Å². The predicted molar refractivity (Wildman–Crippen MR) is 88.4 cm³/mol. The second-order valence-electron chi connectivity index (χ2n) is 5.67. The molecule has 0 spiro atoms. The molecule has 5 heteroatoms. The second-order valence-corrected chi connectivity index (χ2v) is 5.67. The van der Waals surface area contributed by atoms with Crippen LogP contribution in [0.5, 0.6) is 5.75 Å². The number of ether oxygens (including phenoxy) is 1. The van der Waals surface area contributed by atoms with E-state index >= 15 is 0 Å². The highest BCUT2D eigenvalue weighted by molar-refractivity contribution is 5.98. The van der Waals surface area contributed by atoms with Crippen molar-refractivity contribution in [3.05, 3.63) is 48.3 Å². The largest absolute Gasteiger partial charge is 0.479 e. The number of aryl methyl sites for hydroxylation is 1. The fourth-order valence-electron chi connectivity index (χ4n) is 2.80. The third-order valence-electron chi connectivity index (χ3n) is 4.04. The molecule has 1 amide bonds.